The van der Waals surface area contributed by atoms with Gasteiger partial charge in [-0.3, -0.25) is 0 Å². The fourth-order valence-electron chi connectivity index (χ4n) is 2.03. The molecule has 0 atom stereocenters. The first-order chi connectivity index (χ1) is 9.39. The van der Waals surface area contributed by atoms with Gasteiger partial charge in [0.2, 0.25) is 0 Å². The Morgan fingerprint density at radius 1 is 1.40 bits per heavy atom. The quantitative estimate of drug-likeness (QED) is 0.801. The molecule has 0 aromatic carbocycles. The summed E-state index contributed by atoms with van der Waals surface area (Å²) in [6, 6.07) is 4.14. The van der Waals surface area contributed by atoms with Gasteiger partial charge in [-0.15, -0.1) is 11.3 Å². The summed E-state index contributed by atoms with van der Waals surface area (Å²) in [5.41, 5.74) is 0. The molecule has 0 aliphatic heterocycles. The molecule has 4 nitrogen and oxygen atoms in total. The molecule has 1 aliphatic carbocycles. The maximum atomic E-state index is 12.4. The molecule has 0 saturated heterocycles. The summed E-state index contributed by atoms with van der Waals surface area (Å²) in [4.78, 5) is 1.12. The topological polar surface area (TPSA) is 49.4 Å². The van der Waals surface area contributed by atoms with Crippen LogP contribution in [0.2, 0.25) is 0 Å². The average Bonchev–Trinajstić information content (AvgIpc) is 3.04. The van der Waals surface area contributed by atoms with Gasteiger partial charge < -0.3 is 5.32 Å². The van der Waals surface area contributed by atoms with Crippen molar-refractivity contribution in [3.05, 3.63) is 17.0 Å². The first-order valence-electron chi connectivity index (χ1n) is 7.18. The van der Waals surface area contributed by atoms with Crippen LogP contribution in [0.15, 0.2) is 16.3 Å². The summed E-state index contributed by atoms with van der Waals surface area (Å²) in [5, 5.41) is 3.35. The Hall–Kier alpha value is -0.430. The minimum Gasteiger partial charge on any atom is -0.314 e. The third kappa shape index (κ3) is 4.28. The highest BCUT2D eigenvalue weighted by Gasteiger charge is 2.29. The zero-order valence-electron chi connectivity index (χ0n) is 12.4. The fraction of sp³-hybridized carbons (Fsp3) is 0.714. The van der Waals surface area contributed by atoms with E-state index < -0.39 is 10.0 Å². The summed E-state index contributed by atoms with van der Waals surface area (Å²) in [6.07, 6.45) is 3.21. The second-order valence-electron chi connectivity index (χ2n) is 5.81. The standard InChI is InChI=1S/C14H24N2O2S2/c1-11(2)15-9-8-13-6-7-14(19-13)20(17,18)16(3)10-12-4-5-12/h6-7,11-12,15H,4-5,8-10H2,1-3H3. The Morgan fingerprint density at radius 3 is 2.70 bits per heavy atom. The van der Waals surface area contributed by atoms with E-state index in [1.165, 1.54) is 15.6 Å². The fourth-order valence-corrected chi connectivity index (χ4v) is 4.84. The molecule has 0 bridgehead atoms. The van der Waals surface area contributed by atoms with Crippen molar-refractivity contribution in [1.29, 1.82) is 0 Å². The monoisotopic (exact) mass is 316 g/mol. The Kier molecular flexibility index (Phi) is 5.23. The van der Waals surface area contributed by atoms with E-state index in [4.69, 9.17) is 0 Å². The van der Waals surface area contributed by atoms with E-state index in [2.05, 4.69) is 19.2 Å². The summed E-state index contributed by atoms with van der Waals surface area (Å²) < 4.78 is 26.8. The molecule has 20 heavy (non-hydrogen) atoms. The van der Waals surface area contributed by atoms with E-state index in [0.717, 1.165) is 30.7 Å². The van der Waals surface area contributed by atoms with Crippen LogP contribution in [-0.4, -0.2) is 38.9 Å². The van der Waals surface area contributed by atoms with Crippen LogP contribution in [0.5, 0.6) is 0 Å². The van der Waals surface area contributed by atoms with E-state index in [1.54, 1.807) is 13.1 Å². The van der Waals surface area contributed by atoms with Crippen LogP contribution in [0.4, 0.5) is 0 Å². The van der Waals surface area contributed by atoms with Crippen LogP contribution < -0.4 is 5.32 Å². The van der Waals surface area contributed by atoms with Crippen molar-refractivity contribution in [1.82, 2.24) is 9.62 Å². The smallest absolute Gasteiger partial charge is 0.252 e. The summed E-state index contributed by atoms with van der Waals surface area (Å²) in [6.45, 7) is 5.76. The molecule has 0 radical (unpaired) electrons. The van der Waals surface area contributed by atoms with E-state index in [9.17, 15) is 8.42 Å². The number of nitrogens with one attached hydrogen (secondary N) is 1. The SMILES string of the molecule is CC(C)NCCc1ccc(S(=O)(=O)N(C)CC2CC2)s1. The van der Waals surface area contributed by atoms with Gasteiger partial charge in [0.1, 0.15) is 4.21 Å². The van der Waals surface area contributed by atoms with Crippen molar-refractivity contribution >= 4 is 21.4 Å². The van der Waals surface area contributed by atoms with E-state index in [1.807, 2.05) is 6.07 Å². The lowest BCUT2D eigenvalue weighted by Gasteiger charge is -2.15. The molecule has 1 N–H and O–H groups in total. The number of thiophene rings is 1. The lowest BCUT2D eigenvalue weighted by atomic mass is 10.3. The number of sulfonamides is 1. The van der Waals surface area contributed by atoms with Crippen molar-refractivity contribution in [3.63, 3.8) is 0 Å². The van der Waals surface area contributed by atoms with Crippen LogP contribution in [0, 0.1) is 5.92 Å². The number of hydrogen-bond donors (Lipinski definition) is 1. The predicted octanol–water partition coefficient (Wildman–Crippen LogP) is 2.32. The zero-order valence-corrected chi connectivity index (χ0v) is 14.1. The first-order valence-corrected chi connectivity index (χ1v) is 9.43. The second-order valence-corrected chi connectivity index (χ2v) is 9.25. The minimum absolute atomic E-state index is 0.461. The van der Waals surface area contributed by atoms with Gasteiger partial charge in [0.05, 0.1) is 0 Å². The van der Waals surface area contributed by atoms with Crippen molar-refractivity contribution in [3.8, 4) is 0 Å². The van der Waals surface area contributed by atoms with E-state index in [0.29, 0.717) is 22.7 Å². The van der Waals surface area contributed by atoms with Gasteiger partial charge in [0, 0.05) is 31.1 Å². The predicted molar refractivity (Wildman–Crippen MR) is 83.7 cm³/mol. The highest BCUT2D eigenvalue weighted by Crippen LogP contribution is 2.32. The average molecular weight is 316 g/mol. The summed E-state index contributed by atoms with van der Waals surface area (Å²) in [7, 11) is -1.60. The molecule has 114 valence electrons. The normalized spacial score (nSPS) is 16.2. The van der Waals surface area contributed by atoms with Crippen molar-refractivity contribution < 1.29 is 8.42 Å². The lowest BCUT2D eigenvalue weighted by molar-refractivity contribution is 0.454. The largest absolute Gasteiger partial charge is 0.314 e. The molecule has 1 aromatic heterocycles. The summed E-state index contributed by atoms with van der Waals surface area (Å²) in [5.74, 6) is 0.574. The third-order valence-electron chi connectivity index (χ3n) is 3.44. The molecule has 1 fully saturated rings. The molecule has 1 aromatic rings. The molecule has 1 aliphatic rings. The third-order valence-corrected chi connectivity index (χ3v) is 6.87. The van der Waals surface area contributed by atoms with Crippen LogP contribution in [0.3, 0.4) is 0 Å². The van der Waals surface area contributed by atoms with Crippen LogP contribution in [-0.2, 0) is 16.4 Å². The van der Waals surface area contributed by atoms with Gasteiger partial charge >= 0.3 is 0 Å². The van der Waals surface area contributed by atoms with E-state index in [-0.39, 0.29) is 0 Å². The maximum Gasteiger partial charge on any atom is 0.252 e. The van der Waals surface area contributed by atoms with Crippen LogP contribution in [0.1, 0.15) is 31.6 Å². The number of nitrogens with zero attached hydrogens (tertiary/aromatic N) is 1. The Balaban J connectivity index is 1.95. The van der Waals surface area contributed by atoms with Gasteiger partial charge in [-0.05, 0) is 37.3 Å². The number of rotatable bonds is 8. The Labute approximate surface area is 126 Å². The number of hydrogen-bond acceptors (Lipinski definition) is 4. The molecule has 6 heteroatoms. The Bertz CT molecular complexity index is 533. The summed E-state index contributed by atoms with van der Waals surface area (Å²) >= 11 is 1.40. The molecule has 0 unspecified atom stereocenters. The molecular weight excluding hydrogens is 292 g/mol. The molecule has 1 heterocycles. The van der Waals surface area contributed by atoms with E-state index >= 15 is 0 Å². The zero-order chi connectivity index (χ0) is 14.8. The molecule has 0 amide bonds. The first kappa shape index (κ1) is 15.9. The Morgan fingerprint density at radius 2 is 2.10 bits per heavy atom. The van der Waals surface area contributed by atoms with Gasteiger partial charge in [-0.1, -0.05) is 13.8 Å². The molecule has 1 saturated carbocycles. The van der Waals surface area contributed by atoms with Crippen molar-refractivity contribution in [2.24, 2.45) is 5.92 Å². The second kappa shape index (κ2) is 6.56. The van der Waals surface area contributed by atoms with Gasteiger partial charge in [-0.25, -0.2) is 8.42 Å². The molecular formula is C14H24N2O2S2. The maximum absolute atomic E-state index is 12.4. The van der Waals surface area contributed by atoms with Crippen molar-refractivity contribution in [2.75, 3.05) is 20.1 Å². The van der Waals surface area contributed by atoms with Crippen LogP contribution in [0.25, 0.3) is 0 Å². The molecule has 0 spiro atoms. The molecule has 2 rings (SSSR count). The highest BCUT2D eigenvalue weighted by atomic mass is 32.2. The lowest BCUT2D eigenvalue weighted by Crippen LogP contribution is -2.28. The minimum atomic E-state index is -3.28. The van der Waals surface area contributed by atoms with Gasteiger partial charge in [-0.2, -0.15) is 4.31 Å². The van der Waals surface area contributed by atoms with Crippen molar-refractivity contribution in [2.45, 2.75) is 43.4 Å². The van der Waals surface area contributed by atoms with Gasteiger partial charge in [0.15, 0.2) is 0 Å². The van der Waals surface area contributed by atoms with Gasteiger partial charge in [0.25, 0.3) is 10.0 Å². The van der Waals surface area contributed by atoms with Crippen LogP contribution >= 0.6 is 11.3 Å². The highest BCUT2D eigenvalue weighted by molar-refractivity contribution is 7.91.